The van der Waals surface area contributed by atoms with Crippen LogP contribution in [-0.4, -0.2) is 31.7 Å². The Kier molecular flexibility index (Phi) is 5.16. The first-order chi connectivity index (χ1) is 12.1. The van der Waals surface area contributed by atoms with Gasteiger partial charge in [-0.2, -0.15) is 0 Å². The molecule has 0 spiro atoms. The van der Waals surface area contributed by atoms with Crippen molar-refractivity contribution in [3.63, 3.8) is 0 Å². The number of piperidine rings is 1. The summed E-state index contributed by atoms with van der Waals surface area (Å²) in [5.74, 6) is 1.05. The van der Waals surface area contributed by atoms with Gasteiger partial charge in [0.2, 0.25) is 10.0 Å². The van der Waals surface area contributed by atoms with Crippen LogP contribution in [-0.2, 0) is 23.1 Å². The summed E-state index contributed by atoms with van der Waals surface area (Å²) in [5, 5.41) is -0.152. The van der Waals surface area contributed by atoms with Crippen LogP contribution in [0.5, 0.6) is 0 Å². The minimum atomic E-state index is -3.20. The van der Waals surface area contributed by atoms with Crippen molar-refractivity contribution in [3.8, 4) is 0 Å². The van der Waals surface area contributed by atoms with Gasteiger partial charge in [-0.25, -0.2) is 13.1 Å². The molecular weight excluding hydrogens is 332 g/mol. The second-order valence-electron chi connectivity index (χ2n) is 8.18. The van der Waals surface area contributed by atoms with Gasteiger partial charge in [-0.3, -0.25) is 4.90 Å². The molecule has 1 heterocycles. The van der Waals surface area contributed by atoms with Crippen molar-refractivity contribution < 1.29 is 8.42 Å². The van der Waals surface area contributed by atoms with Gasteiger partial charge in [-0.15, -0.1) is 0 Å². The first-order valence-electron chi connectivity index (χ1n) is 9.89. The molecule has 3 aliphatic rings. The van der Waals surface area contributed by atoms with Gasteiger partial charge in [-0.05, 0) is 68.2 Å². The molecule has 4 rings (SSSR count). The van der Waals surface area contributed by atoms with Gasteiger partial charge in [0, 0.05) is 13.1 Å². The first-order valence-corrected chi connectivity index (χ1v) is 11.4. The number of rotatable bonds is 6. The maximum Gasteiger partial charge on any atom is 0.215 e. The normalized spacial score (nSPS) is 30.0. The fourth-order valence-electron chi connectivity index (χ4n) is 5.09. The Morgan fingerprint density at radius 3 is 2.44 bits per heavy atom. The van der Waals surface area contributed by atoms with Crippen molar-refractivity contribution in [2.45, 2.75) is 63.3 Å². The van der Waals surface area contributed by atoms with E-state index in [1.165, 1.54) is 31.2 Å². The van der Waals surface area contributed by atoms with Crippen LogP contribution in [0.4, 0.5) is 0 Å². The SMILES string of the molecule is O=S(=O)(NCc1ccccc1CN1CCCCC1)C1CC2CCC1C2. The molecule has 1 aromatic rings. The monoisotopic (exact) mass is 362 g/mol. The number of hydrogen-bond acceptors (Lipinski definition) is 3. The smallest absolute Gasteiger partial charge is 0.215 e. The Balaban J connectivity index is 1.40. The van der Waals surface area contributed by atoms with Crippen LogP contribution in [0.15, 0.2) is 24.3 Å². The molecule has 1 aliphatic heterocycles. The number of likely N-dealkylation sites (tertiary alicyclic amines) is 1. The molecule has 2 aliphatic carbocycles. The van der Waals surface area contributed by atoms with E-state index in [-0.39, 0.29) is 5.25 Å². The van der Waals surface area contributed by atoms with E-state index in [4.69, 9.17) is 0 Å². The molecule has 3 unspecified atom stereocenters. The van der Waals surface area contributed by atoms with E-state index in [0.717, 1.165) is 44.5 Å². The Morgan fingerprint density at radius 2 is 1.76 bits per heavy atom. The van der Waals surface area contributed by atoms with E-state index in [1.54, 1.807) is 0 Å². The second-order valence-corrected chi connectivity index (χ2v) is 10.2. The van der Waals surface area contributed by atoms with E-state index in [1.807, 2.05) is 6.07 Å². The minimum Gasteiger partial charge on any atom is -0.299 e. The minimum absolute atomic E-state index is 0.152. The summed E-state index contributed by atoms with van der Waals surface area (Å²) in [5.41, 5.74) is 2.39. The average molecular weight is 363 g/mol. The summed E-state index contributed by atoms with van der Waals surface area (Å²) >= 11 is 0. The largest absolute Gasteiger partial charge is 0.299 e. The van der Waals surface area contributed by atoms with Gasteiger partial charge < -0.3 is 0 Å². The average Bonchev–Trinajstić information content (AvgIpc) is 3.26. The van der Waals surface area contributed by atoms with Crippen molar-refractivity contribution >= 4 is 10.0 Å². The highest BCUT2D eigenvalue weighted by molar-refractivity contribution is 7.90. The molecule has 138 valence electrons. The van der Waals surface area contributed by atoms with Gasteiger partial charge in [0.25, 0.3) is 0 Å². The number of benzene rings is 1. The van der Waals surface area contributed by atoms with Crippen molar-refractivity contribution in [2.24, 2.45) is 11.8 Å². The van der Waals surface area contributed by atoms with Gasteiger partial charge in [0.1, 0.15) is 0 Å². The molecular formula is C20H30N2O2S. The molecule has 1 saturated heterocycles. The van der Waals surface area contributed by atoms with E-state index in [0.29, 0.717) is 18.4 Å². The molecule has 25 heavy (non-hydrogen) atoms. The standard InChI is InChI=1S/C20H30N2O2S/c23-25(24,20-13-16-8-9-17(20)12-16)21-14-18-6-2-3-7-19(18)15-22-10-4-1-5-11-22/h2-3,6-7,16-17,20-21H,1,4-5,8-15H2. The maximum atomic E-state index is 12.8. The van der Waals surface area contributed by atoms with Crippen molar-refractivity contribution in [2.75, 3.05) is 13.1 Å². The van der Waals surface area contributed by atoms with Crippen LogP contribution in [0.2, 0.25) is 0 Å². The molecule has 3 atom stereocenters. The molecule has 2 saturated carbocycles. The van der Waals surface area contributed by atoms with Crippen LogP contribution in [0.1, 0.15) is 56.1 Å². The zero-order chi connectivity index (χ0) is 17.3. The zero-order valence-corrected chi connectivity index (χ0v) is 15.8. The number of hydrogen-bond donors (Lipinski definition) is 1. The molecule has 4 nitrogen and oxygen atoms in total. The topological polar surface area (TPSA) is 49.4 Å². The third kappa shape index (κ3) is 3.93. The predicted molar refractivity (Wildman–Crippen MR) is 101 cm³/mol. The summed E-state index contributed by atoms with van der Waals surface area (Å²) < 4.78 is 28.5. The predicted octanol–water partition coefficient (Wildman–Crippen LogP) is 3.28. The molecule has 2 bridgehead atoms. The van der Waals surface area contributed by atoms with Crippen molar-refractivity contribution in [1.29, 1.82) is 0 Å². The molecule has 1 N–H and O–H groups in total. The molecule has 1 aromatic carbocycles. The highest BCUT2D eigenvalue weighted by atomic mass is 32.2. The number of fused-ring (bicyclic) bond motifs is 2. The molecule has 5 heteroatoms. The fourth-order valence-corrected chi connectivity index (χ4v) is 6.94. The van der Waals surface area contributed by atoms with Crippen LogP contribution in [0.25, 0.3) is 0 Å². The highest BCUT2D eigenvalue weighted by Gasteiger charge is 2.45. The maximum absolute atomic E-state index is 12.8. The highest BCUT2D eigenvalue weighted by Crippen LogP contribution is 2.47. The van der Waals surface area contributed by atoms with E-state index >= 15 is 0 Å². The zero-order valence-electron chi connectivity index (χ0n) is 15.0. The number of sulfonamides is 1. The lowest BCUT2D eigenvalue weighted by Gasteiger charge is -2.27. The van der Waals surface area contributed by atoms with E-state index < -0.39 is 10.0 Å². The number of nitrogens with zero attached hydrogens (tertiary/aromatic N) is 1. The van der Waals surface area contributed by atoms with Gasteiger partial charge >= 0.3 is 0 Å². The third-order valence-corrected chi connectivity index (χ3v) is 8.42. The van der Waals surface area contributed by atoms with Crippen molar-refractivity contribution in [1.82, 2.24) is 9.62 Å². The van der Waals surface area contributed by atoms with Gasteiger partial charge in [0.05, 0.1) is 5.25 Å². The summed E-state index contributed by atoms with van der Waals surface area (Å²) in [7, 11) is -3.20. The van der Waals surface area contributed by atoms with Crippen LogP contribution in [0.3, 0.4) is 0 Å². The lowest BCUT2D eigenvalue weighted by atomic mass is 10.0. The van der Waals surface area contributed by atoms with Crippen LogP contribution >= 0.6 is 0 Å². The Bertz CT molecular complexity index is 697. The van der Waals surface area contributed by atoms with Gasteiger partial charge in [0.15, 0.2) is 0 Å². The summed E-state index contributed by atoms with van der Waals surface area (Å²) in [6, 6.07) is 8.30. The lowest BCUT2D eigenvalue weighted by Crippen LogP contribution is -2.37. The lowest BCUT2D eigenvalue weighted by molar-refractivity contribution is 0.220. The summed E-state index contributed by atoms with van der Waals surface area (Å²) in [6.07, 6.45) is 8.21. The summed E-state index contributed by atoms with van der Waals surface area (Å²) in [4.78, 5) is 2.49. The quantitative estimate of drug-likeness (QED) is 0.845. The Hall–Kier alpha value is -0.910. The van der Waals surface area contributed by atoms with E-state index in [2.05, 4.69) is 27.8 Å². The Labute approximate surface area is 152 Å². The van der Waals surface area contributed by atoms with Gasteiger partial charge in [-0.1, -0.05) is 37.1 Å². The second kappa shape index (κ2) is 7.37. The van der Waals surface area contributed by atoms with Crippen LogP contribution in [0, 0.1) is 11.8 Å². The third-order valence-electron chi connectivity index (χ3n) is 6.50. The van der Waals surface area contributed by atoms with Crippen LogP contribution < -0.4 is 4.72 Å². The first kappa shape index (κ1) is 17.5. The Morgan fingerprint density at radius 1 is 1.00 bits per heavy atom. The number of nitrogens with one attached hydrogen (secondary N) is 1. The summed E-state index contributed by atoms with van der Waals surface area (Å²) in [6.45, 7) is 3.68. The molecule has 0 aromatic heterocycles. The van der Waals surface area contributed by atoms with Crippen molar-refractivity contribution in [3.05, 3.63) is 35.4 Å². The van der Waals surface area contributed by atoms with E-state index in [9.17, 15) is 8.42 Å². The fraction of sp³-hybridized carbons (Fsp3) is 0.700. The molecule has 0 radical (unpaired) electrons. The molecule has 3 fully saturated rings. The molecule has 0 amide bonds.